The molecule has 0 spiro atoms. The van der Waals surface area contributed by atoms with Gasteiger partial charge in [0.1, 0.15) is 12.2 Å². The lowest BCUT2D eigenvalue weighted by atomic mass is 10.1. The van der Waals surface area contributed by atoms with E-state index in [1.807, 2.05) is 0 Å². The fraction of sp³-hybridized carbons (Fsp3) is 0.714. The number of ether oxygens (including phenoxy) is 2. The fourth-order valence-electron chi connectivity index (χ4n) is 1.21. The highest BCUT2D eigenvalue weighted by Gasteiger charge is 2.26. The summed E-state index contributed by atoms with van der Waals surface area (Å²) in [5, 5.41) is 0. The van der Waals surface area contributed by atoms with Crippen LogP contribution >= 0.6 is 0 Å². The first-order chi connectivity index (χ1) is 6.09. The summed E-state index contributed by atoms with van der Waals surface area (Å²) in [5.41, 5.74) is 9.83. The van der Waals surface area contributed by atoms with Gasteiger partial charge >= 0.3 is 6.09 Å². The molecule has 74 valence electrons. The van der Waals surface area contributed by atoms with Crippen LogP contribution in [-0.2, 0) is 14.3 Å². The Balaban J connectivity index is 2.30. The van der Waals surface area contributed by atoms with E-state index in [0.29, 0.717) is 12.8 Å². The molecular formula is C7H12N2O4. The van der Waals surface area contributed by atoms with Crippen molar-refractivity contribution in [3.8, 4) is 0 Å². The molecule has 0 saturated carbocycles. The predicted octanol–water partition coefficient (Wildman–Crippen LogP) is -0.885. The second kappa shape index (κ2) is 4.08. The van der Waals surface area contributed by atoms with Crippen LogP contribution in [0.1, 0.15) is 12.8 Å². The minimum atomic E-state index is -0.828. The maximum atomic E-state index is 10.6. The number of primary amides is 2. The molecule has 1 heterocycles. The van der Waals surface area contributed by atoms with E-state index in [1.165, 1.54) is 0 Å². The van der Waals surface area contributed by atoms with E-state index >= 15 is 0 Å². The number of nitrogens with two attached hydrogens (primary N) is 2. The topological polar surface area (TPSA) is 105 Å². The first kappa shape index (κ1) is 9.79. The van der Waals surface area contributed by atoms with Gasteiger partial charge in [-0.2, -0.15) is 0 Å². The van der Waals surface area contributed by atoms with Gasteiger partial charge in [0.15, 0.2) is 0 Å². The van der Waals surface area contributed by atoms with Gasteiger partial charge in [0.2, 0.25) is 5.91 Å². The molecule has 13 heavy (non-hydrogen) atoms. The molecule has 6 heteroatoms. The fourth-order valence-corrected chi connectivity index (χ4v) is 1.21. The van der Waals surface area contributed by atoms with Crippen molar-refractivity contribution in [3.05, 3.63) is 0 Å². The van der Waals surface area contributed by atoms with E-state index < -0.39 is 18.1 Å². The van der Waals surface area contributed by atoms with Crippen molar-refractivity contribution in [2.24, 2.45) is 11.5 Å². The van der Waals surface area contributed by atoms with Crippen LogP contribution in [0.3, 0.4) is 0 Å². The van der Waals surface area contributed by atoms with Gasteiger partial charge in [0.25, 0.3) is 0 Å². The summed E-state index contributed by atoms with van der Waals surface area (Å²) >= 11 is 0. The van der Waals surface area contributed by atoms with Gasteiger partial charge in [-0.3, -0.25) is 4.79 Å². The Morgan fingerprint density at radius 3 is 2.38 bits per heavy atom. The Labute approximate surface area is 75.2 Å². The van der Waals surface area contributed by atoms with Crippen molar-refractivity contribution >= 4 is 12.0 Å². The summed E-state index contributed by atoms with van der Waals surface area (Å²) in [4.78, 5) is 21.0. The highest BCUT2D eigenvalue weighted by Crippen LogP contribution is 2.15. The van der Waals surface area contributed by atoms with Crippen molar-refractivity contribution in [3.63, 3.8) is 0 Å². The average molecular weight is 188 g/mol. The van der Waals surface area contributed by atoms with Crippen LogP contribution in [0.5, 0.6) is 0 Å². The molecule has 0 aromatic rings. The quantitative estimate of drug-likeness (QED) is 0.586. The average Bonchev–Trinajstić information content (AvgIpc) is 2.04. The highest BCUT2D eigenvalue weighted by atomic mass is 16.6. The van der Waals surface area contributed by atoms with Crippen LogP contribution in [0.2, 0.25) is 0 Å². The molecule has 2 atom stereocenters. The van der Waals surface area contributed by atoms with Crippen molar-refractivity contribution in [1.82, 2.24) is 0 Å². The normalized spacial score (nSPS) is 28.0. The largest absolute Gasteiger partial charge is 0.444 e. The minimum absolute atomic E-state index is 0.177. The molecule has 1 aliphatic rings. The Hall–Kier alpha value is -1.30. The molecule has 4 N–H and O–H groups in total. The molecule has 0 aromatic carbocycles. The number of carbonyl (C=O) groups excluding carboxylic acids is 2. The number of carbonyl (C=O) groups is 2. The van der Waals surface area contributed by atoms with Crippen molar-refractivity contribution < 1.29 is 19.1 Å². The number of hydrogen-bond donors (Lipinski definition) is 2. The zero-order chi connectivity index (χ0) is 9.84. The van der Waals surface area contributed by atoms with Crippen molar-refractivity contribution in [1.29, 1.82) is 0 Å². The van der Waals surface area contributed by atoms with Crippen LogP contribution in [0, 0.1) is 0 Å². The Morgan fingerprint density at radius 2 is 2.00 bits per heavy atom. The third-order valence-electron chi connectivity index (χ3n) is 1.83. The van der Waals surface area contributed by atoms with Crippen LogP contribution < -0.4 is 11.5 Å². The summed E-state index contributed by atoms with van der Waals surface area (Å²) in [6.07, 6.45) is -0.726. The lowest BCUT2D eigenvalue weighted by molar-refractivity contribution is -0.136. The predicted molar refractivity (Wildman–Crippen MR) is 42.6 cm³/mol. The summed E-state index contributed by atoms with van der Waals surface area (Å²) in [6.45, 7) is 0.177. The Morgan fingerprint density at radius 1 is 1.31 bits per heavy atom. The summed E-state index contributed by atoms with van der Waals surface area (Å²) in [5.74, 6) is -0.488. The van der Waals surface area contributed by atoms with Crippen LogP contribution in [0.25, 0.3) is 0 Å². The van der Waals surface area contributed by atoms with Crippen molar-refractivity contribution in [2.75, 3.05) is 6.61 Å². The minimum Gasteiger partial charge on any atom is -0.444 e. The maximum absolute atomic E-state index is 10.6. The number of amides is 2. The van der Waals surface area contributed by atoms with Gasteiger partial charge in [-0.25, -0.2) is 4.79 Å². The monoisotopic (exact) mass is 188 g/mol. The summed E-state index contributed by atoms with van der Waals surface area (Å²) in [6, 6.07) is 0. The third kappa shape index (κ3) is 2.90. The van der Waals surface area contributed by atoms with Gasteiger partial charge in [0.05, 0.1) is 6.61 Å². The Bertz CT molecular complexity index is 211. The molecule has 0 bridgehead atoms. The molecule has 0 aliphatic carbocycles. The van der Waals surface area contributed by atoms with Gasteiger partial charge in [-0.1, -0.05) is 0 Å². The smallest absolute Gasteiger partial charge is 0.404 e. The van der Waals surface area contributed by atoms with Gasteiger partial charge in [-0.05, 0) is 12.8 Å². The molecule has 6 nitrogen and oxygen atoms in total. The van der Waals surface area contributed by atoms with Gasteiger partial charge in [-0.15, -0.1) is 0 Å². The second-order valence-electron chi connectivity index (χ2n) is 2.86. The molecule has 1 fully saturated rings. The first-order valence-electron chi connectivity index (χ1n) is 3.96. The van der Waals surface area contributed by atoms with Gasteiger partial charge < -0.3 is 20.9 Å². The van der Waals surface area contributed by atoms with E-state index in [4.69, 9.17) is 16.2 Å². The van der Waals surface area contributed by atoms with E-state index in [9.17, 15) is 9.59 Å². The van der Waals surface area contributed by atoms with Gasteiger partial charge in [0, 0.05) is 0 Å². The van der Waals surface area contributed by atoms with Crippen LogP contribution in [0.4, 0.5) is 4.79 Å². The molecule has 1 saturated heterocycles. The van der Waals surface area contributed by atoms with Crippen molar-refractivity contribution in [2.45, 2.75) is 25.0 Å². The molecule has 1 aliphatic heterocycles. The summed E-state index contributed by atoms with van der Waals surface area (Å²) in [7, 11) is 0. The molecular weight excluding hydrogens is 176 g/mol. The summed E-state index contributed by atoms with van der Waals surface area (Å²) < 4.78 is 9.73. The van der Waals surface area contributed by atoms with E-state index in [2.05, 4.69) is 4.74 Å². The standard InChI is InChI=1S/C7H12N2O4/c8-6(10)5-2-1-4(3-12-5)13-7(9)11/h4-5H,1-3H2,(H2,8,10)(H2,9,11)/t4-,5+/m1/s1. The number of rotatable bonds is 2. The lowest BCUT2D eigenvalue weighted by Gasteiger charge is -2.26. The zero-order valence-electron chi connectivity index (χ0n) is 7.06. The van der Waals surface area contributed by atoms with E-state index in [-0.39, 0.29) is 12.7 Å². The molecule has 1 rings (SSSR count). The van der Waals surface area contributed by atoms with Crippen LogP contribution in [0.15, 0.2) is 0 Å². The molecule has 0 aromatic heterocycles. The molecule has 2 amide bonds. The third-order valence-corrected chi connectivity index (χ3v) is 1.83. The number of hydrogen-bond acceptors (Lipinski definition) is 4. The lowest BCUT2D eigenvalue weighted by Crippen LogP contribution is -2.40. The SMILES string of the molecule is NC(=O)O[C@@H]1CC[C@@H](C(N)=O)OC1. The first-order valence-corrected chi connectivity index (χ1v) is 3.96. The second-order valence-corrected chi connectivity index (χ2v) is 2.86. The highest BCUT2D eigenvalue weighted by molar-refractivity contribution is 5.78. The zero-order valence-corrected chi connectivity index (χ0v) is 7.06. The van der Waals surface area contributed by atoms with Crippen LogP contribution in [-0.4, -0.2) is 30.8 Å². The molecule has 0 unspecified atom stereocenters. The maximum Gasteiger partial charge on any atom is 0.404 e. The molecule has 0 radical (unpaired) electrons. The Kier molecular flexibility index (Phi) is 3.07. The van der Waals surface area contributed by atoms with E-state index in [0.717, 1.165) is 0 Å². The van der Waals surface area contributed by atoms with E-state index in [1.54, 1.807) is 0 Å².